The first-order chi connectivity index (χ1) is 8.01. The third kappa shape index (κ3) is 4.55. The maximum absolute atomic E-state index is 11.8. The number of alkyl carbamates (subject to hydrolysis) is 1. The summed E-state index contributed by atoms with van der Waals surface area (Å²) in [5, 5.41) is 5.43. The van der Waals surface area contributed by atoms with Gasteiger partial charge in [0.2, 0.25) is 5.91 Å². The minimum absolute atomic E-state index is 0.170. The molecule has 1 aliphatic carbocycles. The smallest absolute Gasteiger partial charge is 0.408 e. The van der Waals surface area contributed by atoms with Crippen molar-refractivity contribution < 1.29 is 14.3 Å². The molecule has 2 N–H and O–H groups in total. The Balaban J connectivity index is 2.34. The number of amides is 2. The van der Waals surface area contributed by atoms with Gasteiger partial charge in [-0.15, -0.1) is 0 Å². The zero-order chi connectivity index (χ0) is 14.1. The fraction of sp³-hybridized carbons (Fsp3) is 0.846. The number of nitrogens with one attached hydrogen (secondary N) is 2. The summed E-state index contributed by atoms with van der Waals surface area (Å²) in [6, 6.07) is -0.371. The number of carbonyl (C=O) groups excluding carboxylic acids is 2. The maximum Gasteiger partial charge on any atom is 0.408 e. The lowest BCUT2D eigenvalue weighted by Gasteiger charge is -2.21. The lowest BCUT2D eigenvalue weighted by molar-refractivity contribution is -0.123. The second-order valence-corrected chi connectivity index (χ2v) is 6.62. The van der Waals surface area contributed by atoms with Gasteiger partial charge in [0.25, 0.3) is 0 Å². The molecule has 1 fully saturated rings. The summed E-state index contributed by atoms with van der Waals surface area (Å²) in [4.78, 5) is 23.3. The van der Waals surface area contributed by atoms with Crippen LogP contribution in [0.1, 0.15) is 48.0 Å². The Bertz CT molecular complexity index is 345. The van der Waals surface area contributed by atoms with E-state index < -0.39 is 17.7 Å². The van der Waals surface area contributed by atoms with Crippen molar-refractivity contribution in [1.82, 2.24) is 10.6 Å². The van der Waals surface area contributed by atoms with Gasteiger partial charge in [-0.1, -0.05) is 13.8 Å². The second kappa shape index (κ2) is 4.78. The van der Waals surface area contributed by atoms with E-state index in [0.29, 0.717) is 0 Å². The lowest BCUT2D eigenvalue weighted by atomic mass is 10.2. The highest BCUT2D eigenvalue weighted by Gasteiger charge is 2.46. The van der Waals surface area contributed by atoms with Crippen molar-refractivity contribution in [3.63, 3.8) is 0 Å². The second-order valence-electron chi connectivity index (χ2n) is 6.62. The molecule has 0 radical (unpaired) electrons. The molecule has 2 unspecified atom stereocenters. The van der Waals surface area contributed by atoms with E-state index >= 15 is 0 Å². The van der Waals surface area contributed by atoms with E-state index in [1.807, 2.05) is 0 Å². The Kier molecular flexibility index (Phi) is 3.93. The standard InChI is InChI=1S/C13H24N2O3/c1-8(14-11(17)18-12(2,3)4)10(16)15-9-7-13(9,5)6/h8-9H,7H2,1-6H3,(H,14,17)(H,15,16). The van der Waals surface area contributed by atoms with Crippen molar-refractivity contribution in [3.05, 3.63) is 0 Å². The summed E-state index contributed by atoms with van der Waals surface area (Å²) < 4.78 is 5.09. The lowest BCUT2D eigenvalue weighted by Crippen LogP contribution is -2.47. The molecular formula is C13H24N2O3. The Morgan fingerprint density at radius 1 is 1.33 bits per heavy atom. The molecular weight excluding hydrogens is 232 g/mol. The van der Waals surface area contributed by atoms with Gasteiger partial charge in [0.15, 0.2) is 0 Å². The molecule has 5 nitrogen and oxygen atoms in total. The number of hydrogen-bond acceptors (Lipinski definition) is 3. The summed E-state index contributed by atoms with van der Waals surface area (Å²) >= 11 is 0. The van der Waals surface area contributed by atoms with E-state index in [1.165, 1.54) is 0 Å². The predicted molar refractivity (Wildman–Crippen MR) is 69.2 cm³/mol. The molecule has 0 bridgehead atoms. The predicted octanol–water partition coefficient (Wildman–Crippen LogP) is 1.81. The number of carbonyl (C=O) groups is 2. The fourth-order valence-corrected chi connectivity index (χ4v) is 1.56. The molecule has 0 aromatic heterocycles. The molecule has 1 rings (SSSR count). The number of ether oxygens (including phenoxy) is 1. The normalized spacial score (nSPS) is 22.9. The molecule has 0 heterocycles. The zero-order valence-electron chi connectivity index (χ0n) is 12.1. The van der Waals surface area contributed by atoms with E-state index in [2.05, 4.69) is 24.5 Å². The monoisotopic (exact) mass is 256 g/mol. The topological polar surface area (TPSA) is 67.4 Å². The van der Waals surface area contributed by atoms with Gasteiger partial charge in [0.05, 0.1) is 0 Å². The van der Waals surface area contributed by atoms with E-state index in [-0.39, 0.29) is 17.4 Å². The summed E-state index contributed by atoms with van der Waals surface area (Å²) in [5.41, 5.74) is -0.375. The highest BCUT2D eigenvalue weighted by Crippen LogP contribution is 2.44. The first kappa shape index (κ1) is 14.8. The van der Waals surface area contributed by atoms with Crippen LogP contribution in [0.25, 0.3) is 0 Å². The molecule has 1 aliphatic rings. The first-order valence-electron chi connectivity index (χ1n) is 6.31. The van der Waals surface area contributed by atoms with Crippen molar-refractivity contribution in [2.45, 2.75) is 65.6 Å². The van der Waals surface area contributed by atoms with Crippen LogP contribution in [0.4, 0.5) is 4.79 Å². The summed E-state index contributed by atoms with van der Waals surface area (Å²) in [6.07, 6.45) is 0.415. The quantitative estimate of drug-likeness (QED) is 0.809. The van der Waals surface area contributed by atoms with Crippen LogP contribution in [0.2, 0.25) is 0 Å². The van der Waals surface area contributed by atoms with Gasteiger partial charge in [-0.2, -0.15) is 0 Å². The molecule has 0 aromatic carbocycles. The van der Waals surface area contributed by atoms with Crippen molar-refractivity contribution >= 4 is 12.0 Å². The van der Waals surface area contributed by atoms with Gasteiger partial charge in [0, 0.05) is 6.04 Å². The molecule has 0 saturated heterocycles. The van der Waals surface area contributed by atoms with Crippen LogP contribution in [-0.4, -0.2) is 29.7 Å². The van der Waals surface area contributed by atoms with Crippen molar-refractivity contribution in [2.75, 3.05) is 0 Å². The average molecular weight is 256 g/mol. The number of hydrogen-bond donors (Lipinski definition) is 2. The highest BCUT2D eigenvalue weighted by atomic mass is 16.6. The molecule has 2 atom stereocenters. The van der Waals surface area contributed by atoms with E-state index in [9.17, 15) is 9.59 Å². The van der Waals surface area contributed by atoms with Crippen LogP contribution in [0.3, 0.4) is 0 Å². The maximum atomic E-state index is 11.8. The highest BCUT2D eigenvalue weighted by molar-refractivity contribution is 5.85. The van der Waals surface area contributed by atoms with Crippen LogP contribution < -0.4 is 10.6 Å². The molecule has 18 heavy (non-hydrogen) atoms. The van der Waals surface area contributed by atoms with Gasteiger partial charge in [0.1, 0.15) is 11.6 Å². The Morgan fingerprint density at radius 3 is 2.22 bits per heavy atom. The van der Waals surface area contributed by atoms with Crippen LogP contribution >= 0.6 is 0 Å². The van der Waals surface area contributed by atoms with Gasteiger partial charge in [-0.3, -0.25) is 4.79 Å². The Labute approximate surface area is 109 Å². The average Bonchev–Trinajstić information content (AvgIpc) is 2.69. The molecule has 104 valence electrons. The summed E-state index contributed by atoms with van der Waals surface area (Å²) in [5.74, 6) is -0.170. The first-order valence-corrected chi connectivity index (χ1v) is 6.31. The summed E-state index contributed by atoms with van der Waals surface area (Å²) in [6.45, 7) is 11.2. The minimum Gasteiger partial charge on any atom is -0.444 e. The van der Waals surface area contributed by atoms with Crippen molar-refractivity contribution in [1.29, 1.82) is 0 Å². The van der Waals surface area contributed by atoms with Crippen LogP contribution in [0, 0.1) is 5.41 Å². The largest absolute Gasteiger partial charge is 0.444 e. The third-order valence-electron chi connectivity index (χ3n) is 2.96. The SMILES string of the molecule is CC(NC(=O)OC(C)(C)C)C(=O)NC1CC1(C)C. The van der Waals surface area contributed by atoms with Gasteiger partial charge < -0.3 is 15.4 Å². The van der Waals surface area contributed by atoms with Gasteiger partial charge >= 0.3 is 6.09 Å². The third-order valence-corrected chi connectivity index (χ3v) is 2.96. The molecule has 5 heteroatoms. The molecule has 0 spiro atoms. The Morgan fingerprint density at radius 2 is 1.83 bits per heavy atom. The van der Waals surface area contributed by atoms with Crippen LogP contribution in [0.5, 0.6) is 0 Å². The van der Waals surface area contributed by atoms with Crippen molar-refractivity contribution in [3.8, 4) is 0 Å². The van der Waals surface area contributed by atoms with E-state index in [1.54, 1.807) is 27.7 Å². The van der Waals surface area contributed by atoms with Gasteiger partial charge in [-0.05, 0) is 39.5 Å². The van der Waals surface area contributed by atoms with E-state index in [0.717, 1.165) is 6.42 Å². The number of rotatable bonds is 3. The summed E-state index contributed by atoms with van der Waals surface area (Å²) in [7, 11) is 0. The van der Waals surface area contributed by atoms with Crippen molar-refractivity contribution in [2.24, 2.45) is 5.41 Å². The van der Waals surface area contributed by atoms with Gasteiger partial charge in [-0.25, -0.2) is 4.79 Å². The van der Waals surface area contributed by atoms with Crippen LogP contribution in [0.15, 0.2) is 0 Å². The minimum atomic E-state index is -0.587. The zero-order valence-corrected chi connectivity index (χ0v) is 12.1. The Hall–Kier alpha value is -1.26. The fourth-order valence-electron chi connectivity index (χ4n) is 1.56. The molecule has 2 amide bonds. The molecule has 1 saturated carbocycles. The molecule has 0 aromatic rings. The van der Waals surface area contributed by atoms with Crippen LogP contribution in [-0.2, 0) is 9.53 Å². The molecule has 0 aliphatic heterocycles. The van der Waals surface area contributed by atoms with E-state index in [4.69, 9.17) is 4.74 Å².